The van der Waals surface area contributed by atoms with Gasteiger partial charge in [-0.15, -0.1) is 0 Å². The van der Waals surface area contributed by atoms with E-state index in [-0.39, 0.29) is 17.9 Å². The Morgan fingerprint density at radius 3 is 2.74 bits per heavy atom. The fourth-order valence-electron chi connectivity index (χ4n) is 4.68. The Bertz CT molecular complexity index is 810. The molecule has 142 valence electrons. The van der Waals surface area contributed by atoms with Gasteiger partial charge in [-0.1, -0.05) is 36.4 Å². The molecule has 2 aliphatic rings. The Labute approximate surface area is 160 Å². The number of hydrogen-bond donors (Lipinski definition) is 1. The highest BCUT2D eigenvalue weighted by atomic mass is 16.3. The summed E-state index contributed by atoms with van der Waals surface area (Å²) in [4.78, 5) is 21.6. The molecule has 0 unspecified atom stereocenters. The highest BCUT2D eigenvalue weighted by Gasteiger charge is 2.50. The van der Waals surface area contributed by atoms with Crippen molar-refractivity contribution in [1.82, 2.24) is 14.8 Å². The molecule has 2 fully saturated rings. The summed E-state index contributed by atoms with van der Waals surface area (Å²) in [5.41, 5.74) is 2.41. The summed E-state index contributed by atoms with van der Waals surface area (Å²) in [6.45, 7) is 6.07. The number of likely N-dealkylation sites (tertiary alicyclic amines) is 2. The molecule has 0 saturated carbocycles. The maximum atomic E-state index is 12.9. The molecule has 0 aliphatic carbocycles. The van der Waals surface area contributed by atoms with Gasteiger partial charge in [0.2, 0.25) is 0 Å². The number of aliphatic hydroxyl groups excluding tert-OH is 1. The van der Waals surface area contributed by atoms with Gasteiger partial charge in [-0.2, -0.15) is 0 Å². The lowest BCUT2D eigenvalue weighted by molar-refractivity contribution is 0.0114. The van der Waals surface area contributed by atoms with E-state index in [2.05, 4.69) is 34.1 Å². The Kier molecular flexibility index (Phi) is 4.98. The van der Waals surface area contributed by atoms with E-state index in [1.165, 1.54) is 5.56 Å². The van der Waals surface area contributed by atoms with Gasteiger partial charge in [0.25, 0.3) is 5.91 Å². The van der Waals surface area contributed by atoms with Crippen molar-refractivity contribution in [2.45, 2.75) is 19.9 Å². The third kappa shape index (κ3) is 3.62. The molecule has 5 heteroatoms. The standard InChI is InChI=1S/C22H27N3O2/c1-17-6-5-9-20(23-17)21(27)25-11-10-19-13-24(14-22(19,15-25)16-26)12-18-7-3-2-4-8-18/h2-9,19,26H,10-16H2,1H3/t19-,22-/m0/s1. The van der Waals surface area contributed by atoms with Crippen LogP contribution in [0.15, 0.2) is 48.5 Å². The lowest BCUT2D eigenvalue weighted by Crippen LogP contribution is -2.52. The number of aromatic nitrogens is 1. The van der Waals surface area contributed by atoms with Gasteiger partial charge in [-0.3, -0.25) is 9.69 Å². The predicted molar refractivity (Wildman–Crippen MR) is 104 cm³/mol. The molecule has 1 aromatic heterocycles. The summed E-state index contributed by atoms with van der Waals surface area (Å²) in [7, 11) is 0. The number of aryl methyl sites for hydroxylation is 1. The number of hydrogen-bond acceptors (Lipinski definition) is 4. The molecule has 2 atom stereocenters. The van der Waals surface area contributed by atoms with Crippen LogP contribution in [0.25, 0.3) is 0 Å². The molecule has 2 aromatic rings. The van der Waals surface area contributed by atoms with Crippen molar-refractivity contribution >= 4 is 5.91 Å². The summed E-state index contributed by atoms with van der Waals surface area (Å²) < 4.78 is 0. The van der Waals surface area contributed by atoms with E-state index in [9.17, 15) is 9.90 Å². The molecule has 1 aromatic carbocycles. The van der Waals surface area contributed by atoms with Crippen molar-refractivity contribution in [3.63, 3.8) is 0 Å². The maximum absolute atomic E-state index is 12.9. The number of piperidine rings is 1. The van der Waals surface area contributed by atoms with Crippen LogP contribution in [-0.4, -0.2) is 58.6 Å². The highest BCUT2D eigenvalue weighted by Crippen LogP contribution is 2.42. The number of benzene rings is 1. The smallest absolute Gasteiger partial charge is 0.272 e. The highest BCUT2D eigenvalue weighted by molar-refractivity contribution is 5.92. The summed E-state index contributed by atoms with van der Waals surface area (Å²) >= 11 is 0. The average molecular weight is 365 g/mol. The van der Waals surface area contributed by atoms with Crippen molar-refractivity contribution in [2.75, 3.05) is 32.8 Å². The number of fused-ring (bicyclic) bond motifs is 1. The largest absolute Gasteiger partial charge is 0.396 e. The lowest BCUT2D eigenvalue weighted by atomic mass is 9.74. The second kappa shape index (κ2) is 7.41. The summed E-state index contributed by atoms with van der Waals surface area (Å²) in [6, 6.07) is 16.0. The fraction of sp³-hybridized carbons (Fsp3) is 0.455. The second-order valence-electron chi connectivity index (χ2n) is 8.05. The number of rotatable bonds is 4. The molecule has 3 heterocycles. The third-order valence-electron chi connectivity index (χ3n) is 6.09. The van der Waals surface area contributed by atoms with Crippen LogP contribution in [0.5, 0.6) is 0 Å². The molecule has 2 aliphatic heterocycles. The molecular formula is C22H27N3O2. The quantitative estimate of drug-likeness (QED) is 0.904. The Morgan fingerprint density at radius 1 is 1.19 bits per heavy atom. The van der Waals surface area contributed by atoms with E-state index >= 15 is 0 Å². The monoisotopic (exact) mass is 365 g/mol. The fourth-order valence-corrected chi connectivity index (χ4v) is 4.68. The molecular weight excluding hydrogens is 338 g/mol. The molecule has 0 radical (unpaired) electrons. The molecule has 1 N–H and O–H groups in total. The van der Waals surface area contributed by atoms with E-state index in [0.717, 1.165) is 38.3 Å². The van der Waals surface area contributed by atoms with Gasteiger partial charge in [0.05, 0.1) is 6.61 Å². The first-order valence-corrected chi connectivity index (χ1v) is 9.70. The van der Waals surface area contributed by atoms with Crippen molar-refractivity contribution in [3.05, 3.63) is 65.5 Å². The zero-order valence-electron chi connectivity index (χ0n) is 15.8. The van der Waals surface area contributed by atoms with Crippen LogP contribution >= 0.6 is 0 Å². The Hall–Kier alpha value is -2.24. The third-order valence-corrected chi connectivity index (χ3v) is 6.09. The SMILES string of the molecule is Cc1cccc(C(=O)N2CC[C@H]3CN(Cc4ccccc4)C[C@@]3(CO)C2)n1. The maximum Gasteiger partial charge on any atom is 0.272 e. The number of carbonyl (C=O) groups is 1. The van der Waals surface area contributed by atoms with E-state index in [0.29, 0.717) is 18.2 Å². The van der Waals surface area contributed by atoms with Crippen LogP contribution < -0.4 is 0 Å². The first kappa shape index (κ1) is 18.1. The van der Waals surface area contributed by atoms with Crippen LogP contribution in [0.4, 0.5) is 0 Å². The van der Waals surface area contributed by atoms with Gasteiger partial charge in [0, 0.05) is 43.8 Å². The topological polar surface area (TPSA) is 56.7 Å². The van der Waals surface area contributed by atoms with E-state index in [1.54, 1.807) is 6.07 Å². The zero-order valence-corrected chi connectivity index (χ0v) is 15.8. The average Bonchev–Trinajstić information content (AvgIpc) is 3.05. The van der Waals surface area contributed by atoms with Crippen molar-refractivity contribution in [2.24, 2.45) is 11.3 Å². The lowest BCUT2D eigenvalue weighted by Gasteiger charge is -2.43. The van der Waals surface area contributed by atoms with Crippen molar-refractivity contribution < 1.29 is 9.90 Å². The van der Waals surface area contributed by atoms with Crippen LogP contribution in [0.3, 0.4) is 0 Å². The summed E-state index contributed by atoms with van der Waals surface area (Å²) in [6.07, 6.45) is 0.934. The number of aliphatic hydroxyl groups is 1. The van der Waals surface area contributed by atoms with Crippen molar-refractivity contribution in [3.8, 4) is 0 Å². The number of pyridine rings is 1. The Balaban J connectivity index is 1.48. The minimum Gasteiger partial charge on any atom is -0.396 e. The Morgan fingerprint density at radius 2 is 2.00 bits per heavy atom. The molecule has 5 nitrogen and oxygen atoms in total. The number of amides is 1. The van der Waals surface area contributed by atoms with E-state index in [1.807, 2.05) is 30.0 Å². The van der Waals surface area contributed by atoms with Gasteiger partial charge in [0.1, 0.15) is 5.69 Å². The van der Waals surface area contributed by atoms with Crippen molar-refractivity contribution in [1.29, 1.82) is 0 Å². The van der Waals surface area contributed by atoms with Gasteiger partial charge in [-0.05, 0) is 37.0 Å². The minimum absolute atomic E-state index is 0.0218. The predicted octanol–water partition coefficient (Wildman–Crippen LogP) is 2.35. The number of nitrogens with zero attached hydrogens (tertiary/aromatic N) is 3. The van der Waals surface area contributed by atoms with Gasteiger partial charge in [0.15, 0.2) is 0 Å². The van der Waals surface area contributed by atoms with Crippen LogP contribution in [0, 0.1) is 18.3 Å². The van der Waals surface area contributed by atoms with Gasteiger partial charge in [-0.25, -0.2) is 4.98 Å². The van der Waals surface area contributed by atoms with Crippen LogP contribution in [0.1, 0.15) is 28.2 Å². The molecule has 1 amide bonds. The molecule has 0 spiro atoms. The summed E-state index contributed by atoms with van der Waals surface area (Å²) in [5, 5.41) is 10.3. The molecule has 2 saturated heterocycles. The summed E-state index contributed by atoms with van der Waals surface area (Å²) in [5.74, 6) is 0.409. The van der Waals surface area contributed by atoms with Crippen LogP contribution in [-0.2, 0) is 6.54 Å². The molecule has 27 heavy (non-hydrogen) atoms. The first-order valence-electron chi connectivity index (χ1n) is 9.70. The zero-order chi connectivity index (χ0) is 18.9. The molecule has 4 rings (SSSR count). The number of carbonyl (C=O) groups excluding carboxylic acids is 1. The normalized spacial score (nSPS) is 25.4. The van der Waals surface area contributed by atoms with Gasteiger partial charge < -0.3 is 10.0 Å². The van der Waals surface area contributed by atoms with E-state index in [4.69, 9.17) is 0 Å². The molecule has 0 bridgehead atoms. The van der Waals surface area contributed by atoms with E-state index < -0.39 is 0 Å². The van der Waals surface area contributed by atoms with Crippen LogP contribution in [0.2, 0.25) is 0 Å². The van der Waals surface area contributed by atoms with Gasteiger partial charge >= 0.3 is 0 Å². The minimum atomic E-state index is -0.230. The second-order valence-corrected chi connectivity index (χ2v) is 8.05. The first-order chi connectivity index (χ1) is 13.1.